The van der Waals surface area contributed by atoms with Crippen molar-refractivity contribution in [2.45, 2.75) is 38.8 Å². The second kappa shape index (κ2) is 5.63. The third kappa shape index (κ3) is 2.97. The van der Waals surface area contributed by atoms with Crippen LogP contribution in [0.2, 0.25) is 0 Å². The van der Waals surface area contributed by atoms with E-state index < -0.39 is 0 Å². The average Bonchev–Trinajstić information content (AvgIpc) is 2.81. The zero-order valence-corrected chi connectivity index (χ0v) is 11.5. The number of nitrogens with one attached hydrogen (secondary N) is 2. The number of hydrogen-bond donors (Lipinski definition) is 2. The van der Waals surface area contributed by atoms with Gasteiger partial charge in [0.05, 0.1) is 4.88 Å². The molecule has 1 aromatic rings. The van der Waals surface area contributed by atoms with Crippen LogP contribution in [-0.4, -0.2) is 30.3 Å². The number of thiophene rings is 1. The number of ketones is 1. The molecule has 1 aliphatic rings. The van der Waals surface area contributed by atoms with Gasteiger partial charge in [0.15, 0.2) is 5.78 Å². The van der Waals surface area contributed by atoms with Crippen molar-refractivity contribution in [3.63, 3.8) is 0 Å². The van der Waals surface area contributed by atoms with E-state index >= 15 is 0 Å². The van der Waals surface area contributed by atoms with Crippen LogP contribution < -0.4 is 10.6 Å². The molecule has 0 spiro atoms. The smallest absolute Gasteiger partial charge is 0.261 e. The number of rotatable bonds is 3. The lowest BCUT2D eigenvalue weighted by Gasteiger charge is -2.30. The van der Waals surface area contributed by atoms with Gasteiger partial charge in [-0.2, -0.15) is 0 Å². The number of Topliss-reactive ketones (excluding diaryl/α,β-unsaturated/α-hetero) is 1. The molecule has 0 aliphatic carbocycles. The summed E-state index contributed by atoms with van der Waals surface area (Å²) in [5.74, 6) is -0.0777. The molecule has 0 bridgehead atoms. The summed E-state index contributed by atoms with van der Waals surface area (Å²) in [4.78, 5) is 23.9. The minimum Gasteiger partial charge on any atom is -0.347 e. The molecule has 1 saturated heterocycles. The molecule has 1 aliphatic heterocycles. The second-order valence-electron chi connectivity index (χ2n) is 4.72. The molecule has 0 radical (unpaired) electrons. The molecule has 1 aromatic heterocycles. The third-order valence-electron chi connectivity index (χ3n) is 3.31. The zero-order valence-electron chi connectivity index (χ0n) is 10.7. The summed E-state index contributed by atoms with van der Waals surface area (Å²) in [6, 6.07) is 2.15. The molecule has 0 aromatic carbocycles. The van der Waals surface area contributed by atoms with E-state index in [4.69, 9.17) is 0 Å². The highest BCUT2D eigenvalue weighted by molar-refractivity contribution is 7.12. The Labute approximate surface area is 111 Å². The molecule has 2 unspecified atom stereocenters. The minimum absolute atomic E-state index is 0.00185. The van der Waals surface area contributed by atoms with Crippen molar-refractivity contribution in [2.75, 3.05) is 6.54 Å². The van der Waals surface area contributed by atoms with Crippen molar-refractivity contribution in [1.29, 1.82) is 0 Å². The molecule has 18 heavy (non-hydrogen) atoms. The van der Waals surface area contributed by atoms with Crippen LogP contribution >= 0.6 is 11.3 Å². The normalized spacial score (nSPS) is 23.7. The van der Waals surface area contributed by atoms with Gasteiger partial charge in [0.25, 0.3) is 5.91 Å². The van der Waals surface area contributed by atoms with Crippen LogP contribution in [0.5, 0.6) is 0 Å². The molecular weight excluding hydrogens is 248 g/mol. The first-order chi connectivity index (χ1) is 8.58. The predicted molar refractivity (Wildman–Crippen MR) is 72.3 cm³/mol. The number of hydrogen-bond acceptors (Lipinski definition) is 4. The van der Waals surface area contributed by atoms with Crippen molar-refractivity contribution in [3.05, 3.63) is 21.9 Å². The topological polar surface area (TPSA) is 58.2 Å². The summed E-state index contributed by atoms with van der Waals surface area (Å²) in [5, 5.41) is 8.12. The van der Waals surface area contributed by atoms with Crippen molar-refractivity contribution in [3.8, 4) is 0 Å². The highest BCUT2D eigenvalue weighted by Crippen LogP contribution is 2.16. The fraction of sp³-hybridized carbons (Fsp3) is 0.538. The standard InChI is InChI=1S/C13H18N2O2S/c1-8-11(4-3-5-14-8)15-13(17)12-6-10(7-18-12)9(2)16/h6-8,11,14H,3-5H2,1-2H3,(H,15,17). The van der Waals surface area contributed by atoms with E-state index in [1.54, 1.807) is 11.4 Å². The van der Waals surface area contributed by atoms with Crippen LogP contribution in [-0.2, 0) is 0 Å². The average molecular weight is 266 g/mol. The Balaban J connectivity index is 2.00. The molecule has 1 amide bonds. The largest absolute Gasteiger partial charge is 0.347 e. The Hall–Kier alpha value is -1.20. The molecule has 2 rings (SSSR count). The van der Waals surface area contributed by atoms with Crippen molar-refractivity contribution < 1.29 is 9.59 Å². The van der Waals surface area contributed by atoms with Gasteiger partial charge >= 0.3 is 0 Å². The quantitative estimate of drug-likeness (QED) is 0.821. The molecular formula is C13H18N2O2S. The zero-order chi connectivity index (χ0) is 13.1. The van der Waals surface area contributed by atoms with E-state index in [1.165, 1.54) is 18.3 Å². The molecule has 2 atom stereocenters. The highest BCUT2D eigenvalue weighted by atomic mass is 32.1. The highest BCUT2D eigenvalue weighted by Gasteiger charge is 2.23. The number of piperidine rings is 1. The maximum Gasteiger partial charge on any atom is 0.261 e. The van der Waals surface area contributed by atoms with Gasteiger partial charge in [-0.1, -0.05) is 0 Å². The summed E-state index contributed by atoms with van der Waals surface area (Å²) < 4.78 is 0. The lowest BCUT2D eigenvalue weighted by molar-refractivity contribution is 0.0924. The van der Waals surface area contributed by atoms with Gasteiger partial charge in [0.1, 0.15) is 0 Å². The van der Waals surface area contributed by atoms with E-state index in [0.29, 0.717) is 16.5 Å². The molecule has 4 nitrogen and oxygen atoms in total. The van der Waals surface area contributed by atoms with E-state index in [0.717, 1.165) is 19.4 Å². The molecule has 2 N–H and O–H groups in total. The lowest BCUT2D eigenvalue weighted by Crippen LogP contribution is -2.51. The number of amides is 1. The van der Waals surface area contributed by atoms with Crippen molar-refractivity contribution >= 4 is 23.0 Å². The van der Waals surface area contributed by atoms with E-state index in [-0.39, 0.29) is 17.7 Å². The van der Waals surface area contributed by atoms with Gasteiger partial charge in [-0.15, -0.1) is 11.3 Å². The third-order valence-corrected chi connectivity index (χ3v) is 4.24. The lowest BCUT2D eigenvalue weighted by atomic mass is 10.00. The van der Waals surface area contributed by atoms with E-state index in [9.17, 15) is 9.59 Å². The van der Waals surface area contributed by atoms with Crippen LogP contribution in [0.4, 0.5) is 0 Å². The van der Waals surface area contributed by atoms with Crippen molar-refractivity contribution in [2.24, 2.45) is 0 Å². The Morgan fingerprint density at radius 3 is 2.89 bits per heavy atom. The summed E-state index contributed by atoms with van der Waals surface area (Å²) in [6.45, 7) is 4.61. The summed E-state index contributed by atoms with van der Waals surface area (Å²) in [7, 11) is 0. The van der Waals surface area contributed by atoms with E-state index in [1.807, 2.05) is 0 Å². The van der Waals surface area contributed by atoms with Gasteiger partial charge in [-0.05, 0) is 39.3 Å². The Kier molecular flexibility index (Phi) is 4.14. The van der Waals surface area contributed by atoms with Crippen LogP contribution in [0.3, 0.4) is 0 Å². The van der Waals surface area contributed by atoms with Crippen LogP contribution in [0, 0.1) is 0 Å². The SMILES string of the molecule is CC(=O)c1csc(C(=O)NC2CCCNC2C)c1. The maximum atomic E-state index is 12.1. The van der Waals surface area contributed by atoms with Gasteiger partial charge in [-0.25, -0.2) is 0 Å². The van der Waals surface area contributed by atoms with Gasteiger partial charge < -0.3 is 10.6 Å². The van der Waals surface area contributed by atoms with Gasteiger partial charge in [-0.3, -0.25) is 9.59 Å². The van der Waals surface area contributed by atoms with Gasteiger partial charge in [0, 0.05) is 23.0 Å². The number of carbonyl (C=O) groups excluding carboxylic acids is 2. The summed E-state index contributed by atoms with van der Waals surface area (Å²) in [5.41, 5.74) is 0.611. The second-order valence-corrected chi connectivity index (χ2v) is 5.63. The molecule has 98 valence electrons. The van der Waals surface area contributed by atoms with Crippen molar-refractivity contribution in [1.82, 2.24) is 10.6 Å². The fourth-order valence-electron chi connectivity index (χ4n) is 2.12. The van der Waals surface area contributed by atoms with Crippen LogP contribution in [0.15, 0.2) is 11.4 Å². The first-order valence-corrected chi connectivity index (χ1v) is 7.09. The first-order valence-electron chi connectivity index (χ1n) is 6.21. The Morgan fingerprint density at radius 1 is 1.50 bits per heavy atom. The summed E-state index contributed by atoms with van der Waals surface area (Å²) >= 11 is 1.32. The molecule has 0 saturated carbocycles. The van der Waals surface area contributed by atoms with Gasteiger partial charge in [0.2, 0.25) is 0 Å². The molecule has 5 heteroatoms. The fourth-order valence-corrected chi connectivity index (χ4v) is 2.97. The molecule has 2 heterocycles. The number of carbonyl (C=O) groups is 2. The van der Waals surface area contributed by atoms with E-state index in [2.05, 4.69) is 17.6 Å². The Bertz CT molecular complexity index is 456. The summed E-state index contributed by atoms with van der Waals surface area (Å²) in [6.07, 6.45) is 2.09. The first kappa shape index (κ1) is 13.2. The Morgan fingerprint density at radius 2 is 2.28 bits per heavy atom. The maximum absolute atomic E-state index is 12.1. The molecule has 1 fully saturated rings. The predicted octanol–water partition coefficient (Wildman–Crippen LogP) is 1.82. The van der Waals surface area contributed by atoms with Crippen LogP contribution in [0.25, 0.3) is 0 Å². The monoisotopic (exact) mass is 266 g/mol. The van der Waals surface area contributed by atoms with Crippen LogP contribution in [0.1, 0.15) is 46.7 Å². The minimum atomic E-state index is -0.0759.